The minimum atomic E-state index is -0.222. The van der Waals surface area contributed by atoms with E-state index in [1.165, 1.54) is 23.6 Å². The van der Waals surface area contributed by atoms with Gasteiger partial charge < -0.3 is 9.42 Å². The van der Waals surface area contributed by atoms with Crippen LogP contribution in [0.5, 0.6) is 0 Å². The summed E-state index contributed by atoms with van der Waals surface area (Å²) < 4.78 is 4.59. The summed E-state index contributed by atoms with van der Waals surface area (Å²) in [6.07, 6.45) is 2.75. The lowest BCUT2D eigenvalue weighted by molar-refractivity contribution is 0.0771. The van der Waals surface area contributed by atoms with Crippen LogP contribution in [0.15, 0.2) is 23.2 Å². The molecule has 2 aromatic heterocycles. The zero-order chi connectivity index (χ0) is 10.7. The second-order valence-electron chi connectivity index (χ2n) is 2.98. The molecule has 0 spiro atoms. The van der Waals surface area contributed by atoms with Crippen LogP contribution in [0.2, 0.25) is 0 Å². The Bertz CT molecular complexity index is 422. The molecule has 0 fully saturated rings. The van der Waals surface area contributed by atoms with Crippen molar-refractivity contribution in [3.63, 3.8) is 0 Å². The average molecular weight is 207 g/mol. The highest BCUT2D eigenvalue weighted by Crippen LogP contribution is 2.02. The van der Waals surface area contributed by atoms with Crippen molar-refractivity contribution in [3.8, 4) is 0 Å². The Kier molecular flexibility index (Phi) is 2.44. The van der Waals surface area contributed by atoms with Gasteiger partial charge in [0, 0.05) is 13.1 Å². The molecule has 0 aliphatic carbocycles. The molecule has 0 aliphatic heterocycles. The maximum absolute atomic E-state index is 11.7. The van der Waals surface area contributed by atoms with Crippen molar-refractivity contribution in [2.75, 3.05) is 7.05 Å². The smallest absolute Gasteiger partial charge is 0.276 e. The summed E-state index contributed by atoms with van der Waals surface area (Å²) >= 11 is 0. The first-order chi connectivity index (χ1) is 7.27. The Morgan fingerprint density at radius 1 is 1.67 bits per heavy atom. The topological polar surface area (TPSA) is 87.9 Å². The molecule has 2 aromatic rings. The molecule has 0 aliphatic rings. The lowest BCUT2D eigenvalue weighted by atomic mass is 10.3. The summed E-state index contributed by atoms with van der Waals surface area (Å²) in [4.78, 5) is 17.1. The molecule has 0 radical (unpaired) electrons. The van der Waals surface area contributed by atoms with E-state index in [-0.39, 0.29) is 11.6 Å². The van der Waals surface area contributed by atoms with Crippen LogP contribution in [0.1, 0.15) is 16.3 Å². The highest BCUT2D eigenvalue weighted by molar-refractivity contribution is 5.91. The van der Waals surface area contributed by atoms with E-state index in [0.717, 1.165) is 0 Å². The van der Waals surface area contributed by atoms with E-state index in [9.17, 15) is 4.79 Å². The number of amides is 1. The van der Waals surface area contributed by atoms with E-state index >= 15 is 0 Å². The van der Waals surface area contributed by atoms with Crippen LogP contribution in [-0.2, 0) is 6.54 Å². The van der Waals surface area contributed by atoms with Crippen LogP contribution in [0.25, 0.3) is 0 Å². The van der Waals surface area contributed by atoms with Crippen LogP contribution in [0.3, 0.4) is 0 Å². The van der Waals surface area contributed by atoms with Crippen molar-refractivity contribution in [2.45, 2.75) is 6.54 Å². The normalized spacial score (nSPS) is 10.2. The SMILES string of the molecule is CN(Cc1ncn[nH]1)C(=O)c1ccon1. The highest BCUT2D eigenvalue weighted by atomic mass is 16.5. The predicted octanol–water partition coefficient (Wildman–Crippen LogP) is 0.0649. The third kappa shape index (κ3) is 2.01. The van der Waals surface area contributed by atoms with Crippen LogP contribution in [0.4, 0.5) is 0 Å². The fourth-order valence-corrected chi connectivity index (χ4v) is 1.12. The van der Waals surface area contributed by atoms with Gasteiger partial charge in [0.2, 0.25) is 0 Å². The van der Waals surface area contributed by atoms with Crippen molar-refractivity contribution in [1.29, 1.82) is 0 Å². The second-order valence-corrected chi connectivity index (χ2v) is 2.98. The van der Waals surface area contributed by atoms with Gasteiger partial charge in [0.25, 0.3) is 5.91 Å². The minimum absolute atomic E-state index is 0.222. The molecule has 0 aromatic carbocycles. The molecule has 78 valence electrons. The molecule has 1 amide bonds. The van der Waals surface area contributed by atoms with Crippen molar-refractivity contribution < 1.29 is 9.32 Å². The number of H-pyrrole nitrogens is 1. The van der Waals surface area contributed by atoms with Crippen LogP contribution in [0, 0.1) is 0 Å². The first-order valence-electron chi connectivity index (χ1n) is 4.27. The fraction of sp³-hybridized carbons (Fsp3) is 0.250. The van der Waals surface area contributed by atoms with E-state index in [0.29, 0.717) is 12.4 Å². The first-order valence-corrected chi connectivity index (χ1v) is 4.27. The van der Waals surface area contributed by atoms with Gasteiger partial charge in [0.1, 0.15) is 18.4 Å². The molecular weight excluding hydrogens is 198 g/mol. The van der Waals surface area contributed by atoms with Gasteiger partial charge in [0.15, 0.2) is 5.69 Å². The molecule has 2 rings (SSSR count). The van der Waals surface area contributed by atoms with Crippen LogP contribution < -0.4 is 0 Å². The third-order valence-corrected chi connectivity index (χ3v) is 1.86. The number of nitrogens with zero attached hydrogens (tertiary/aromatic N) is 4. The number of hydrogen-bond acceptors (Lipinski definition) is 5. The number of rotatable bonds is 3. The zero-order valence-corrected chi connectivity index (χ0v) is 8.04. The van der Waals surface area contributed by atoms with Crippen LogP contribution >= 0.6 is 0 Å². The van der Waals surface area contributed by atoms with Gasteiger partial charge in [-0.2, -0.15) is 5.10 Å². The molecule has 15 heavy (non-hydrogen) atoms. The lowest BCUT2D eigenvalue weighted by Crippen LogP contribution is -2.26. The standard InChI is InChI=1S/C8H9N5O2/c1-13(4-7-9-5-10-11-7)8(14)6-2-3-15-12-6/h2-3,5H,4H2,1H3,(H,9,10,11). The monoisotopic (exact) mass is 207 g/mol. The molecule has 2 heterocycles. The van der Waals surface area contributed by atoms with E-state index in [1.807, 2.05) is 0 Å². The second kappa shape index (κ2) is 3.91. The Hall–Kier alpha value is -2.18. The molecule has 1 N–H and O–H groups in total. The lowest BCUT2D eigenvalue weighted by Gasteiger charge is -2.12. The Balaban J connectivity index is 2.03. The van der Waals surface area contributed by atoms with Gasteiger partial charge in [0.05, 0.1) is 6.54 Å². The summed E-state index contributed by atoms with van der Waals surface area (Å²) in [6, 6.07) is 1.51. The molecule has 0 unspecified atom stereocenters. The van der Waals surface area contributed by atoms with E-state index in [2.05, 4.69) is 24.9 Å². The molecule has 0 saturated carbocycles. The molecule has 0 saturated heterocycles. The van der Waals surface area contributed by atoms with Gasteiger partial charge in [-0.05, 0) is 0 Å². The van der Waals surface area contributed by atoms with Gasteiger partial charge in [-0.3, -0.25) is 9.89 Å². The largest absolute Gasteiger partial charge is 0.364 e. The maximum Gasteiger partial charge on any atom is 0.276 e. The Labute approximate surface area is 85.1 Å². The number of carbonyl (C=O) groups is 1. The summed E-state index contributed by atoms with van der Waals surface area (Å²) in [5.74, 6) is 0.398. The molecule has 7 nitrogen and oxygen atoms in total. The number of carbonyl (C=O) groups excluding carboxylic acids is 1. The van der Waals surface area contributed by atoms with Crippen molar-refractivity contribution in [3.05, 3.63) is 30.2 Å². The van der Waals surface area contributed by atoms with Gasteiger partial charge in [-0.15, -0.1) is 0 Å². The summed E-state index contributed by atoms with van der Waals surface area (Å²) in [5, 5.41) is 9.91. The van der Waals surface area contributed by atoms with Crippen LogP contribution in [-0.4, -0.2) is 38.2 Å². The van der Waals surface area contributed by atoms with E-state index in [1.54, 1.807) is 7.05 Å². The van der Waals surface area contributed by atoms with Crippen molar-refractivity contribution in [2.24, 2.45) is 0 Å². The first kappa shape index (κ1) is 9.38. The fourth-order valence-electron chi connectivity index (χ4n) is 1.12. The molecule has 7 heteroatoms. The zero-order valence-electron chi connectivity index (χ0n) is 8.04. The maximum atomic E-state index is 11.7. The number of aromatic amines is 1. The van der Waals surface area contributed by atoms with Gasteiger partial charge in [-0.1, -0.05) is 5.16 Å². The number of hydrogen-bond donors (Lipinski definition) is 1. The average Bonchev–Trinajstić information content (AvgIpc) is 2.88. The van der Waals surface area contributed by atoms with Crippen molar-refractivity contribution in [1.82, 2.24) is 25.2 Å². The quantitative estimate of drug-likeness (QED) is 0.769. The Morgan fingerprint density at radius 3 is 3.13 bits per heavy atom. The minimum Gasteiger partial charge on any atom is -0.364 e. The predicted molar refractivity (Wildman–Crippen MR) is 48.7 cm³/mol. The molecule has 0 bridgehead atoms. The summed E-state index contributed by atoms with van der Waals surface area (Å²) in [5.41, 5.74) is 0.275. The number of nitrogens with one attached hydrogen (secondary N) is 1. The summed E-state index contributed by atoms with van der Waals surface area (Å²) in [6.45, 7) is 0.353. The van der Waals surface area contributed by atoms with Gasteiger partial charge in [-0.25, -0.2) is 4.98 Å². The summed E-state index contributed by atoms with van der Waals surface area (Å²) in [7, 11) is 1.65. The third-order valence-electron chi connectivity index (χ3n) is 1.86. The highest BCUT2D eigenvalue weighted by Gasteiger charge is 2.15. The van der Waals surface area contributed by atoms with Crippen molar-refractivity contribution >= 4 is 5.91 Å². The van der Waals surface area contributed by atoms with E-state index < -0.39 is 0 Å². The molecule has 0 atom stereocenters. The Morgan fingerprint density at radius 2 is 2.53 bits per heavy atom. The molecular formula is C8H9N5O2. The van der Waals surface area contributed by atoms with Gasteiger partial charge >= 0.3 is 0 Å². The van der Waals surface area contributed by atoms with E-state index in [4.69, 9.17) is 0 Å². The number of aromatic nitrogens is 4.